The number of amides is 1. The van der Waals surface area contributed by atoms with E-state index in [2.05, 4.69) is 10.1 Å². The van der Waals surface area contributed by atoms with Gasteiger partial charge < -0.3 is 13.8 Å². The smallest absolute Gasteiger partial charge is 0.289 e. The molecule has 0 unspecified atom stereocenters. The number of aryl methyl sites for hydroxylation is 1. The lowest BCUT2D eigenvalue weighted by atomic mass is 9.97. The summed E-state index contributed by atoms with van der Waals surface area (Å²) in [6.45, 7) is 3.24. The van der Waals surface area contributed by atoms with Gasteiger partial charge in [0.05, 0.1) is 0 Å². The molecule has 7 heteroatoms. The number of nitrogens with zero attached hydrogens (tertiary/aromatic N) is 3. The van der Waals surface area contributed by atoms with Crippen molar-refractivity contribution in [3.8, 4) is 0 Å². The van der Waals surface area contributed by atoms with Crippen LogP contribution in [0.15, 0.2) is 21.1 Å². The van der Waals surface area contributed by atoms with E-state index < -0.39 is 0 Å². The minimum atomic E-state index is -0.147. The van der Waals surface area contributed by atoms with Crippen LogP contribution in [-0.2, 0) is 6.42 Å². The highest BCUT2D eigenvalue weighted by Gasteiger charge is 2.29. The molecule has 1 aliphatic heterocycles. The first-order chi connectivity index (χ1) is 10.2. The van der Waals surface area contributed by atoms with E-state index in [1.807, 2.05) is 6.92 Å². The van der Waals surface area contributed by atoms with Crippen molar-refractivity contribution in [1.82, 2.24) is 15.0 Å². The highest BCUT2D eigenvalue weighted by atomic mass is 35.5. The van der Waals surface area contributed by atoms with Gasteiger partial charge in [-0.3, -0.25) is 4.79 Å². The van der Waals surface area contributed by atoms with Crippen molar-refractivity contribution in [2.24, 2.45) is 0 Å². The Morgan fingerprint density at radius 2 is 2.38 bits per heavy atom. The van der Waals surface area contributed by atoms with E-state index in [1.165, 1.54) is 0 Å². The molecule has 1 saturated heterocycles. The Labute approximate surface area is 127 Å². The largest absolute Gasteiger partial charge is 0.440 e. The van der Waals surface area contributed by atoms with E-state index in [4.69, 9.17) is 20.5 Å². The zero-order chi connectivity index (χ0) is 14.8. The Balaban J connectivity index is 1.72. The summed E-state index contributed by atoms with van der Waals surface area (Å²) in [6, 6.07) is 3.17. The number of hydrogen-bond acceptors (Lipinski definition) is 5. The van der Waals surface area contributed by atoms with Crippen LogP contribution >= 0.6 is 11.6 Å². The fourth-order valence-electron chi connectivity index (χ4n) is 2.53. The quantitative estimate of drug-likeness (QED) is 0.871. The molecule has 0 bridgehead atoms. The van der Waals surface area contributed by atoms with Gasteiger partial charge in [0.2, 0.25) is 5.89 Å². The Morgan fingerprint density at radius 1 is 1.52 bits per heavy atom. The maximum atomic E-state index is 12.4. The van der Waals surface area contributed by atoms with Crippen LogP contribution in [0.2, 0.25) is 5.22 Å². The number of piperidine rings is 1. The van der Waals surface area contributed by atoms with Crippen molar-refractivity contribution in [3.05, 3.63) is 34.8 Å². The summed E-state index contributed by atoms with van der Waals surface area (Å²) < 4.78 is 10.3. The van der Waals surface area contributed by atoms with Gasteiger partial charge in [-0.15, -0.1) is 0 Å². The summed E-state index contributed by atoms with van der Waals surface area (Å²) in [7, 11) is 0. The van der Waals surface area contributed by atoms with Crippen molar-refractivity contribution in [2.45, 2.75) is 32.1 Å². The van der Waals surface area contributed by atoms with Gasteiger partial charge in [-0.05, 0) is 36.6 Å². The third kappa shape index (κ3) is 2.95. The first-order valence-electron chi connectivity index (χ1n) is 7.04. The standard InChI is InChI=1S/C14H16ClN3O3/c1-2-12-16-13(17-21-12)9-4-3-7-18(8-9)14(19)10-5-6-11(15)20-10/h5-6,9H,2-4,7-8H2,1H3/t9-/m0/s1. The summed E-state index contributed by atoms with van der Waals surface area (Å²) >= 11 is 5.72. The van der Waals surface area contributed by atoms with Crippen molar-refractivity contribution in [2.75, 3.05) is 13.1 Å². The number of furan rings is 1. The van der Waals surface area contributed by atoms with Crippen LogP contribution in [0.5, 0.6) is 0 Å². The molecule has 0 N–H and O–H groups in total. The molecule has 3 rings (SSSR count). The number of carbonyl (C=O) groups excluding carboxylic acids is 1. The first kappa shape index (κ1) is 14.1. The van der Waals surface area contributed by atoms with E-state index in [-0.39, 0.29) is 22.8 Å². The second-order valence-electron chi connectivity index (χ2n) is 5.09. The molecule has 0 aromatic carbocycles. The van der Waals surface area contributed by atoms with E-state index in [1.54, 1.807) is 17.0 Å². The van der Waals surface area contributed by atoms with Crippen LogP contribution in [0.4, 0.5) is 0 Å². The van der Waals surface area contributed by atoms with E-state index in [0.29, 0.717) is 31.2 Å². The lowest BCUT2D eigenvalue weighted by molar-refractivity contribution is 0.0671. The lowest BCUT2D eigenvalue weighted by Gasteiger charge is -2.30. The SMILES string of the molecule is CCc1nc([C@H]2CCCN(C(=O)c3ccc(Cl)o3)C2)no1. The van der Waals surface area contributed by atoms with E-state index >= 15 is 0 Å². The predicted octanol–water partition coefficient (Wildman–Crippen LogP) is 2.90. The van der Waals surface area contributed by atoms with Crippen LogP contribution in [0.1, 0.15) is 48.0 Å². The normalized spacial score (nSPS) is 19.0. The Hall–Kier alpha value is -1.82. The summed E-state index contributed by atoms with van der Waals surface area (Å²) in [5, 5.41) is 4.23. The molecule has 1 atom stereocenters. The molecule has 1 aliphatic rings. The number of carbonyl (C=O) groups is 1. The monoisotopic (exact) mass is 309 g/mol. The predicted molar refractivity (Wildman–Crippen MR) is 75.3 cm³/mol. The zero-order valence-electron chi connectivity index (χ0n) is 11.7. The molecule has 3 heterocycles. The van der Waals surface area contributed by atoms with Crippen LogP contribution in [0.3, 0.4) is 0 Å². The third-order valence-electron chi connectivity index (χ3n) is 3.64. The van der Waals surface area contributed by atoms with Crippen LogP contribution in [0.25, 0.3) is 0 Å². The van der Waals surface area contributed by atoms with E-state index in [9.17, 15) is 4.79 Å². The fourth-order valence-corrected chi connectivity index (χ4v) is 2.68. The molecule has 0 spiro atoms. The average molecular weight is 310 g/mol. The Kier molecular flexibility index (Phi) is 3.96. The minimum absolute atomic E-state index is 0.109. The molecule has 112 valence electrons. The second kappa shape index (κ2) is 5.89. The van der Waals surface area contributed by atoms with Crippen molar-refractivity contribution in [3.63, 3.8) is 0 Å². The van der Waals surface area contributed by atoms with Gasteiger partial charge in [0.15, 0.2) is 16.8 Å². The summed E-state index contributed by atoms with van der Waals surface area (Å²) in [5.41, 5.74) is 0. The van der Waals surface area contributed by atoms with Crippen LogP contribution in [-0.4, -0.2) is 34.0 Å². The molecule has 2 aromatic rings. The molecule has 1 fully saturated rings. The molecule has 2 aromatic heterocycles. The molecule has 0 aliphatic carbocycles. The Bertz CT molecular complexity index is 637. The number of hydrogen-bond donors (Lipinski definition) is 0. The topological polar surface area (TPSA) is 72.4 Å². The van der Waals surface area contributed by atoms with Gasteiger partial charge in [0, 0.05) is 25.4 Å². The van der Waals surface area contributed by atoms with Gasteiger partial charge >= 0.3 is 0 Å². The van der Waals surface area contributed by atoms with Crippen molar-refractivity contribution in [1.29, 1.82) is 0 Å². The van der Waals surface area contributed by atoms with Gasteiger partial charge in [-0.25, -0.2) is 0 Å². The minimum Gasteiger partial charge on any atom is -0.440 e. The number of rotatable bonds is 3. The molecule has 1 amide bonds. The van der Waals surface area contributed by atoms with Crippen LogP contribution in [0, 0.1) is 0 Å². The third-order valence-corrected chi connectivity index (χ3v) is 3.85. The second-order valence-corrected chi connectivity index (χ2v) is 5.47. The van der Waals surface area contributed by atoms with Crippen molar-refractivity contribution >= 4 is 17.5 Å². The molecular weight excluding hydrogens is 294 g/mol. The number of likely N-dealkylation sites (tertiary alicyclic amines) is 1. The first-order valence-corrected chi connectivity index (χ1v) is 7.42. The molecule has 21 heavy (non-hydrogen) atoms. The highest BCUT2D eigenvalue weighted by Crippen LogP contribution is 2.26. The maximum Gasteiger partial charge on any atom is 0.289 e. The summed E-state index contributed by atoms with van der Waals surface area (Å²) in [4.78, 5) is 18.5. The van der Waals surface area contributed by atoms with Gasteiger partial charge in [-0.1, -0.05) is 12.1 Å². The van der Waals surface area contributed by atoms with Gasteiger partial charge in [0.25, 0.3) is 5.91 Å². The number of halogens is 1. The van der Waals surface area contributed by atoms with Crippen molar-refractivity contribution < 1.29 is 13.7 Å². The summed E-state index contributed by atoms with van der Waals surface area (Å²) in [5.74, 6) is 1.54. The zero-order valence-corrected chi connectivity index (χ0v) is 12.5. The molecular formula is C14H16ClN3O3. The molecule has 6 nitrogen and oxygen atoms in total. The van der Waals surface area contributed by atoms with E-state index in [0.717, 1.165) is 12.8 Å². The Morgan fingerprint density at radius 3 is 3.05 bits per heavy atom. The maximum absolute atomic E-state index is 12.4. The summed E-state index contributed by atoms with van der Waals surface area (Å²) in [6.07, 6.45) is 2.57. The lowest BCUT2D eigenvalue weighted by Crippen LogP contribution is -2.39. The average Bonchev–Trinajstić information content (AvgIpc) is 3.15. The highest BCUT2D eigenvalue weighted by molar-refractivity contribution is 6.29. The molecule has 0 radical (unpaired) electrons. The van der Waals surface area contributed by atoms with Gasteiger partial charge in [0.1, 0.15) is 0 Å². The molecule has 0 saturated carbocycles. The fraction of sp³-hybridized carbons (Fsp3) is 0.500. The van der Waals surface area contributed by atoms with Gasteiger partial charge in [-0.2, -0.15) is 4.98 Å². The number of aromatic nitrogens is 2. The van der Waals surface area contributed by atoms with Crippen LogP contribution < -0.4 is 0 Å².